The van der Waals surface area contributed by atoms with Crippen molar-refractivity contribution >= 4 is 0 Å². The van der Waals surface area contributed by atoms with E-state index in [1.807, 2.05) is 0 Å². The van der Waals surface area contributed by atoms with E-state index in [9.17, 15) is 4.39 Å². The van der Waals surface area contributed by atoms with E-state index in [1.165, 1.54) is 0 Å². The summed E-state index contributed by atoms with van der Waals surface area (Å²) in [6.45, 7) is 1.76. The quantitative estimate of drug-likeness (QED) is 0.599. The van der Waals surface area contributed by atoms with Crippen molar-refractivity contribution in [2.24, 2.45) is 0 Å². The molecule has 3 heteroatoms. The molecule has 1 saturated heterocycles. The number of rotatable bonds is 3. The van der Waals surface area contributed by atoms with Gasteiger partial charge in [0.15, 0.2) is 0 Å². The van der Waals surface area contributed by atoms with E-state index in [4.69, 9.17) is 4.74 Å². The lowest BCUT2D eigenvalue weighted by atomic mass is 10.3. The molecule has 0 radical (unpaired) electrons. The van der Waals surface area contributed by atoms with E-state index in [0.717, 1.165) is 19.6 Å². The summed E-state index contributed by atoms with van der Waals surface area (Å²) in [5.41, 5.74) is 0. The zero-order chi connectivity index (χ0) is 6.53. The van der Waals surface area contributed by atoms with Crippen molar-refractivity contribution in [1.29, 1.82) is 0 Å². The van der Waals surface area contributed by atoms with Gasteiger partial charge in [0.25, 0.3) is 0 Å². The predicted molar refractivity (Wildman–Crippen MR) is 33.2 cm³/mol. The number of ether oxygens (including phenoxy) is 1. The lowest BCUT2D eigenvalue weighted by Crippen LogP contribution is -2.30. The van der Waals surface area contributed by atoms with Crippen LogP contribution < -0.4 is 5.32 Å². The fourth-order valence-electron chi connectivity index (χ4n) is 0.954. The molecule has 1 N–H and O–H groups in total. The van der Waals surface area contributed by atoms with E-state index in [1.54, 1.807) is 0 Å². The van der Waals surface area contributed by atoms with Gasteiger partial charge in [-0.05, 0) is 6.42 Å². The van der Waals surface area contributed by atoms with Gasteiger partial charge in [0.05, 0.1) is 6.61 Å². The van der Waals surface area contributed by atoms with E-state index < -0.39 is 0 Å². The molecule has 1 fully saturated rings. The number of hydrogen-bond acceptors (Lipinski definition) is 2. The summed E-state index contributed by atoms with van der Waals surface area (Å²) in [6.07, 6.45) is 1.03. The summed E-state index contributed by atoms with van der Waals surface area (Å²) in [5, 5.41) is 3.03. The number of hydrogen-bond donors (Lipinski definition) is 1. The van der Waals surface area contributed by atoms with Crippen molar-refractivity contribution in [2.75, 3.05) is 26.4 Å². The largest absolute Gasteiger partial charge is 0.380 e. The highest BCUT2D eigenvalue weighted by molar-refractivity contribution is 4.70. The summed E-state index contributed by atoms with van der Waals surface area (Å²) in [7, 11) is 0. The van der Waals surface area contributed by atoms with Gasteiger partial charge >= 0.3 is 0 Å². The van der Waals surface area contributed by atoms with Crippen LogP contribution in [0, 0.1) is 0 Å². The Morgan fingerprint density at radius 1 is 1.67 bits per heavy atom. The van der Waals surface area contributed by atoms with Crippen molar-refractivity contribution in [3.8, 4) is 0 Å². The topological polar surface area (TPSA) is 21.3 Å². The number of alkyl halides is 1. The molecule has 9 heavy (non-hydrogen) atoms. The lowest BCUT2D eigenvalue weighted by Gasteiger charge is -2.06. The maximum atomic E-state index is 11.5. The molecule has 1 unspecified atom stereocenters. The molecule has 0 spiro atoms. The Morgan fingerprint density at radius 3 is 3.11 bits per heavy atom. The van der Waals surface area contributed by atoms with Crippen LogP contribution in [0.1, 0.15) is 6.42 Å². The van der Waals surface area contributed by atoms with Crippen LogP contribution >= 0.6 is 0 Å². The molecule has 0 aromatic carbocycles. The molecule has 1 heterocycles. The molecule has 0 aromatic rings. The van der Waals surface area contributed by atoms with Crippen LogP contribution in [0.3, 0.4) is 0 Å². The average Bonchev–Trinajstić information content (AvgIpc) is 2.34. The van der Waals surface area contributed by atoms with E-state index in [-0.39, 0.29) is 6.67 Å². The molecule has 0 saturated carbocycles. The molecule has 1 aliphatic heterocycles. The first kappa shape index (κ1) is 6.96. The van der Waals surface area contributed by atoms with Crippen LogP contribution in [0.25, 0.3) is 0 Å². The second-order valence-electron chi connectivity index (χ2n) is 2.20. The molecular formula is C6H12FNO. The van der Waals surface area contributed by atoms with Gasteiger partial charge in [-0.3, -0.25) is 0 Å². The van der Waals surface area contributed by atoms with Crippen LogP contribution in [0.5, 0.6) is 0 Å². The maximum absolute atomic E-state index is 11.5. The van der Waals surface area contributed by atoms with Crippen molar-refractivity contribution in [1.82, 2.24) is 5.32 Å². The minimum absolute atomic E-state index is 0.281. The van der Waals surface area contributed by atoms with Crippen molar-refractivity contribution < 1.29 is 9.13 Å². The molecule has 0 aliphatic carbocycles. The first-order valence-corrected chi connectivity index (χ1v) is 3.30. The Balaban J connectivity index is 1.98. The van der Waals surface area contributed by atoms with E-state index >= 15 is 0 Å². The third kappa shape index (κ3) is 2.28. The van der Waals surface area contributed by atoms with E-state index in [0.29, 0.717) is 12.6 Å². The van der Waals surface area contributed by atoms with Crippen molar-refractivity contribution in [3.05, 3.63) is 0 Å². The van der Waals surface area contributed by atoms with Crippen LogP contribution in [-0.2, 0) is 4.74 Å². The fourth-order valence-corrected chi connectivity index (χ4v) is 0.954. The second kappa shape index (κ2) is 3.80. The minimum atomic E-state index is -0.281. The highest BCUT2D eigenvalue weighted by Crippen LogP contribution is 2.01. The van der Waals surface area contributed by atoms with Gasteiger partial charge in [0.2, 0.25) is 0 Å². The first-order chi connectivity index (χ1) is 4.43. The Labute approximate surface area is 54.4 Å². The van der Waals surface area contributed by atoms with Gasteiger partial charge in [-0.25, -0.2) is 4.39 Å². The van der Waals surface area contributed by atoms with Crippen LogP contribution in [0.15, 0.2) is 0 Å². The summed E-state index contributed by atoms with van der Waals surface area (Å²) in [5.74, 6) is 0. The molecular weight excluding hydrogens is 121 g/mol. The normalized spacial score (nSPS) is 27.0. The first-order valence-electron chi connectivity index (χ1n) is 3.30. The Hall–Kier alpha value is -0.150. The van der Waals surface area contributed by atoms with Gasteiger partial charge in [-0.2, -0.15) is 0 Å². The number of nitrogens with one attached hydrogen (secondary N) is 1. The minimum Gasteiger partial charge on any atom is -0.380 e. The fraction of sp³-hybridized carbons (Fsp3) is 1.00. The summed E-state index contributed by atoms with van der Waals surface area (Å²) in [6, 6.07) is 0.403. The molecule has 1 atom stereocenters. The van der Waals surface area contributed by atoms with Gasteiger partial charge in [0.1, 0.15) is 6.67 Å². The van der Waals surface area contributed by atoms with Crippen LogP contribution in [0.2, 0.25) is 0 Å². The lowest BCUT2D eigenvalue weighted by molar-refractivity contribution is 0.189. The molecule has 2 nitrogen and oxygen atoms in total. The second-order valence-corrected chi connectivity index (χ2v) is 2.20. The highest BCUT2D eigenvalue weighted by Gasteiger charge is 2.13. The monoisotopic (exact) mass is 133 g/mol. The van der Waals surface area contributed by atoms with Crippen molar-refractivity contribution in [2.45, 2.75) is 12.5 Å². The van der Waals surface area contributed by atoms with Gasteiger partial charge in [-0.1, -0.05) is 0 Å². The third-order valence-electron chi connectivity index (χ3n) is 1.46. The third-order valence-corrected chi connectivity index (χ3v) is 1.46. The van der Waals surface area contributed by atoms with Gasteiger partial charge in [-0.15, -0.1) is 0 Å². The smallest absolute Gasteiger partial charge is 0.102 e. The summed E-state index contributed by atoms with van der Waals surface area (Å²) in [4.78, 5) is 0. The summed E-state index contributed by atoms with van der Waals surface area (Å²) < 4.78 is 16.6. The predicted octanol–water partition coefficient (Wildman–Crippen LogP) is 0.334. The molecule has 0 bridgehead atoms. The molecule has 54 valence electrons. The maximum Gasteiger partial charge on any atom is 0.102 e. The SMILES string of the molecule is FCCNC1CCOC1. The van der Waals surface area contributed by atoms with Crippen LogP contribution in [0.4, 0.5) is 4.39 Å². The average molecular weight is 133 g/mol. The zero-order valence-electron chi connectivity index (χ0n) is 5.40. The number of halogens is 1. The Bertz CT molecular complexity index is 73.5. The Kier molecular flexibility index (Phi) is 2.94. The molecule has 0 aromatic heterocycles. The van der Waals surface area contributed by atoms with Crippen molar-refractivity contribution in [3.63, 3.8) is 0 Å². The van der Waals surface area contributed by atoms with E-state index in [2.05, 4.69) is 5.32 Å². The van der Waals surface area contributed by atoms with Gasteiger partial charge in [0, 0.05) is 19.2 Å². The highest BCUT2D eigenvalue weighted by atomic mass is 19.1. The standard InChI is InChI=1S/C6H12FNO/c7-2-3-8-6-1-4-9-5-6/h6,8H,1-5H2. The summed E-state index contributed by atoms with van der Waals surface area (Å²) >= 11 is 0. The molecule has 1 rings (SSSR count). The van der Waals surface area contributed by atoms with Crippen LogP contribution in [-0.4, -0.2) is 32.5 Å². The molecule has 0 amide bonds. The van der Waals surface area contributed by atoms with Gasteiger partial charge < -0.3 is 10.1 Å². The zero-order valence-corrected chi connectivity index (χ0v) is 5.40. The molecule has 1 aliphatic rings. The Morgan fingerprint density at radius 2 is 2.56 bits per heavy atom.